The topological polar surface area (TPSA) is 29.1 Å². The highest BCUT2D eigenvalue weighted by Gasteiger charge is 2.62. The molecule has 2 nitrogen and oxygen atoms in total. The predicted molar refractivity (Wildman–Crippen MR) is 126 cm³/mol. The first-order valence-electron chi connectivity index (χ1n) is 13.1. The van der Waals surface area contributed by atoms with Gasteiger partial charge >= 0.3 is 0 Å². The molecule has 9 atom stereocenters. The Bertz CT molecular complexity index is 634. The van der Waals surface area contributed by atoms with Gasteiger partial charge in [-0.1, -0.05) is 53.9 Å². The van der Waals surface area contributed by atoms with E-state index in [2.05, 4.69) is 39.9 Å². The predicted octanol–water partition coefficient (Wildman–Crippen LogP) is 7.05. The summed E-state index contributed by atoms with van der Waals surface area (Å²) < 4.78 is 0. The maximum absolute atomic E-state index is 12.2. The summed E-state index contributed by atoms with van der Waals surface area (Å²) in [4.78, 5) is 12.2. The van der Waals surface area contributed by atoms with Crippen LogP contribution in [-0.2, 0) is 4.79 Å². The summed E-state index contributed by atoms with van der Waals surface area (Å²) in [6.07, 6.45) is 12.7. The SMILES string of the molecule is CC(C)CCCC(C)C1CCC2C3C(CCl)CC4NC(=O)CC[C@]4(C)C3CCC12C. The molecule has 4 rings (SSSR count). The summed E-state index contributed by atoms with van der Waals surface area (Å²) in [5.41, 5.74) is 0.785. The van der Waals surface area contributed by atoms with Gasteiger partial charge in [-0.2, -0.15) is 0 Å². The summed E-state index contributed by atoms with van der Waals surface area (Å²) >= 11 is 6.63. The smallest absolute Gasteiger partial charge is 0.220 e. The number of hydrogen-bond acceptors (Lipinski definition) is 1. The molecule has 8 unspecified atom stereocenters. The quantitative estimate of drug-likeness (QED) is 0.445. The zero-order valence-electron chi connectivity index (χ0n) is 20.2. The summed E-state index contributed by atoms with van der Waals surface area (Å²) in [5.74, 6) is 6.54. The fourth-order valence-electron chi connectivity index (χ4n) is 9.03. The van der Waals surface area contributed by atoms with E-state index in [-0.39, 0.29) is 11.3 Å². The third kappa shape index (κ3) is 3.75. The number of carbonyl (C=O) groups excluding carboxylic acids is 1. The van der Waals surface area contributed by atoms with Crippen LogP contribution in [0.1, 0.15) is 98.8 Å². The first-order chi connectivity index (χ1) is 14.2. The van der Waals surface area contributed by atoms with Crippen LogP contribution in [0.3, 0.4) is 0 Å². The van der Waals surface area contributed by atoms with Crippen LogP contribution in [0, 0.1) is 52.3 Å². The van der Waals surface area contributed by atoms with E-state index in [0.717, 1.165) is 60.6 Å². The zero-order valence-corrected chi connectivity index (χ0v) is 20.9. The van der Waals surface area contributed by atoms with Crippen molar-refractivity contribution in [3.8, 4) is 0 Å². The van der Waals surface area contributed by atoms with Gasteiger partial charge in [-0.3, -0.25) is 4.79 Å². The van der Waals surface area contributed by atoms with Crippen molar-refractivity contribution in [3.05, 3.63) is 0 Å². The molecule has 1 amide bonds. The van der Waals surface area contributed by atoms with Crippen LogP contribution in [0.5, 0.6) is 0 Å². The van der Waals surface area contributed by atoms with Crippen LogP contribution in [0.15, 0.2) is 0 Å². The number of piperidine rings is 1. The Hall–Kier alpha value is -0.240. The van der Waals surface area contributed by atoms with Gasteiger partial charge in [0.25, 0.3) is 0 Å². The molecule has 3 heteroatoms. The number of halogens is 1. The number of alkyl halides is 1. The van der Waals surface area contributed by atoms with E-state index in [1.54, 1.807) is 0 Å². The Balaban J connectivity index is 1.54. The maximum Gasteiger partial charge on any atom is 0.220 e. The fraction of sp³-hybridized carbons (Fsp3) is 0.963. The highest BCUT2D eigenvalue weighted by molar-refractivity contribution is 6.18. The first kappa shape index (κ1) is 22.9. The molecular formula is C27H46ClNO. The van der Waals surface area contributed by atoms with E-state index in [0.29, 0.717) is 17.4 Å². The van der Waals surface area contributed by atoms with Gasteiger partial charge in [0.2, 0.25) is 5.91 Å². The van der Waals surface area contributed by atoms with Crippen molar-refractivity contribution >= 4 is 17.5 Å². The molecule has 172 valence electrons. The minimum atomic E-state index is 0.265. The van der Waals surface area contributed by atoms with Crippen LogP contribution in [0.2, 0.25) is 0 Å². The van der Waals surface area contributed by atoms with Crippen LogP contribution < -0.4 is 5.32 Å². The molecule has 3 saturated carbocycles. The molecule has 0 aromatic rings. The van der Waals surface area contributed by atoms with Crippen LogP contribution in [0.25, 0.3) is 0 Å². The average Bonchev–Trinajstić information content (AvgIpc) is 3.05. The monoisotopic (exact) mass is 435 g/mol. The number of hydrogen-bond donors (Lipinski definition) is 1. The summed E-state index contributed by atoms with van der Waals surface area (Å²) in [6, 6.07) is 0.347. The van der Waals surface area contributed by atoms with E-state index in [1.165, 1.54) is 44.9 Å². The van der Waals surface area contributed by atoms with Gasteiger partial charge in [0.1, 0.15) is 0 Å². The Morgan fingerprint density at radius 2 is 1.77 bits per heavy atom. The Kier molecular flexibility index (Phi) is 6.58. The van der Waals surface area contributed by atoms with Crippen LogP contribution >= 0.6 is 11.6 Å². The molecule has 0 aromatic heterocycles. The number of carbonyl (C=O) groups is 1. The highest BCUT2D eigenvalue weighted by Crippen LogP contribution is 2.67. The number of fused-ring (bicyclic) bond motifs is 5. The summed E-state index contributed by atoms with van der Waals surface area (Å²) in [6.45, 7) is 12.4. The van der Waals surface area contributed by atoms with E-state index in [1.807, 2.05) is 0 Å². The fourth-order valence-corrected chi connectivity index (χ4v) is 9.36. The van der Waals surface area contributed by atoms with Crippen molar-refractivity contribution in [1.82, 2.24) is 5.32 Å². The van der Waals surface area contributed by atoms with Crippen LogP contribution in [-0.4, -0.2) is 17.8 Å². The molecule has 3 aliphatic carbocycles. The average molecular weight is 436 g/mol. The second-order valence-electron chi connectivity index (χ2n) is 12.6. The molecule has 0 aromatic carbocycles. The van der Waals surface area contributed by atoms with Gasteiger partial charge in [-0.25, -0.2) is 0 Å². The standard InChI is InChI=1S/C27H46ClNO/c1-17(2)7-6-8-18(3)20-9-10-21-25-19(16-28)15-23-27(5,14-12-24(30)29-23)22(25)11-13-26(20,21)4/h17-23,25H,6-16H2,1-5H3,(H,29,30)/t18?,19?,20?,21?,22?,23?,25?,26?,27-/m1/s1. The molecule has 1 aliphatic heterocycles. The Morgan fingerprint density at radius 1 is 1.03 bits per heavy atom. The third-order valence-corrected chi connectivity index (χ3v) is 11.1. The van der Waals surface area contributed by atoms with Gasteiger partial charge in [0, 0.05) is 18.3 Å². The van der Waals surface area contributed by atoms with Crippen LogP contribution in [0.4, 0.5) is 0 Å². The van der Waals surface area contributed by atoms with E-state index in [4.69, 9.17) is 11.6 Å². The molecule has 4 aliphatic rings. The van der Waals surface area contributed by atoms with Crippen molar-refractivity contribution in [2.24, 2.45) is 52.3 Å². The van der Waals surface area contributed by atoms with Gasteiger partial charge < -0.3 is 5.32 Å². The van der Waals surface area contributed by atoms with Gasteiger partial charge in [-0.05, 0) is 90.8 Å². The number of rotatable bonds is 6. The molecule has 0 radical (unpaired) electrons. The minimum absolute atomic E-state index is 0.265. The lowest BCUT2D eigenvalue weighted by Gasteiger charge is -2.62. The van der Waals surface area contributed by atoms with Crippen molar-refractivity contribution in [2.75, 3.05) is 5.88 Å². The first-order valence-corrected chi connectivity index (χ1v) is 13.6. The lowest BCUT2D eigenvalue weighted by Crippen LogP contribution is -2.63. The second kappa shape index (κ2) is 8.60. The normalized spacial score (nSPS) is 46.7. The molecule has 0 bridgehead atoms. The molecule has 1 N–H and O–H groups in total. The third-order valence-electron chi connectivity index (χ3n) is 10.7. The molecule has 0 spiro atoms. The minimum Gasteiger partial charge on any atom is -0.353 e. The van der Waals surface area contributed by atoms with E-state index < -0.39 is 0 Å². The second-order valence-corrected chi connectivity index (χ2v) is 12.9. The summed E-state index contributed by atoms with van der Waals surface area (Å²) in [5, 5.41) is 3.39. The number of amides is 1. The zero-order chi connectivity index (χ0) is 21.7. The Labute approximate surface area is 190 Å². The van der Waals surface area contributed by atoms with Gasteiger partial charge in [0.05, 0.1) is 0 Å². The molecule has 4 fully saturated rings. The number of nitrogens with one attached hydrogen (secondary N) is 1. The van der Waals surface area contributed by atoms with E-state index >= 15 is 0 Å². The van der Waals surface area contributed by atoms with Crippen molar-refractivity contribution in [1.29, 1.82) is 0 Å². The summed E-state index contributed by atoms with van der Waals surface area (Å²) in [7, 11) is 0. The lowest BCUT2D eigenvalue weighted by molar-refractivity contribution is -0.144. The lowest BCUT2D eigenvalue weighted by atomic mass is 9.44. The van der Waals surface area contributed by atoms with E-state index in [9.17, 15) is 4.79 Å². The highest BCUT2D eigenvalue weighted by atomic mass is 35.5. The molecular weight excluding hydrogens is 390 g/mol. The molecule has 30 heavy (non-hydrogen) atoms. The van der Waals surface area contributed by atoms with Crippen molar-refractivity contribution in [3.63, 3.8) is 0 Å². The largest absolute Gasteiger partial charge is 0.353 e. The molecule has 1 heterocycles. The molecule has 1 saturated heterocycles. The Morgan fingerprint density at radius 3 is 2.47 bits per heavy atom. The van der Waals surface area contributed by atoms with Gasteiger partial charge in [0.15, 0.2) is 0 Å². The van der Waals surface area contributed by atoms with Crippen molar-refractivity contribution in [2.45, 2.75) is 105 Å². The van der Waals surface area contributed by atoms with Crippen molar-refractivity contribution < 1.29 is 4.79 Å². The van der Waals surface area contributed by atoms with Gasteiger partial charge in [-0.15, -0.1) is 11.6 Å². The maximum atomic E-state index is 12.2.